The molecule has 0 N–H and O–H groups in total. The van der Waals surface area contributed by atoms with Crippen molar-refractivity contribution in [1.82, 2.24) is 0 Å². The van der Waals surface area contributed by atoms with E-state index in [0.717, 1.165) is 98.3 Å². The van der Waals surface area contributed by atoms with E-state index in [1.165, 1.54) is 38.5 Å². The standard InChI is InChI=1S/C48H70O12/c1-3-5-13-35-37-39(59-47(57-37)23-19-45(20-24-47)53-31-41(32-54-45)27-49-43(50-28-41)15-9-7-10-16-43)36(14-6-4-2)40-38(35)58-48(60-40)25-21-46(22-26-48)55-33-42(34-56-46)29-51-44(52-30-42)17-11-8-12-18-44/h3-34H2,1-2H3. The van der Waals surface area contributed by atoms with Crippen LogP contribution in [-0.2, 0) is 50.7 Å². The minimum absolute atomic E-state index is 0.254. The second-order valence-corrected chi connectivity index (χ2v) is 20.8. The van der Waals surface area contributed by atoms with Crippen molar-refractivity contribution in [1.29, 1.82) is 0 Å². The monoisotopic (exact) mass is 838 g/mol. The summed E-state index contributed by atoms with van der Waals surface area (Å²) in [6, 6.07) is 0. The van der Waals surface area contributed by atoms with Gasteiger partial charge < -0.3 is 56.8 Å². The van der Waals surface area contributed by atoms with E-state index in [4.69, 9.17) is 56.8 Å². The van der Waals surface area contributed by atoms with Gasteiger partial charge in [0.25, 0.3) is 11.6 Å². The molecule has 8 fully saturated rings. The van der Waals surface area contributed by atoms with Crippen molar-refractivity contribution in [2.24, 2.45) is 10.8 Å². The van der Waals surface area contributed by atoms with Crippen LogP contribution in [0.2, 0.25) is 0 Å². The number of ether oxygens (including phenoxy) is 12. The van der Waals surface area contributed by atoms with E-state index < -0.39 is 34.7 Å². The predicted octanol–water partition coefficient (Wildman–Crippen LogP) is 9.33. The molecular formula is C48H70O12. The van der Waals surface area contributed by atoms with Crippen molar-refractivity contribution in [2.75, 3.05) is 52.9 Å². The molecule has 0 amide bonds. The molecule has 4 saturated carbocycles. The van der Waals surface area contributed by atoms with E-state index in [9.17, 15) is 0 Å². The van der Waals surface area contributed by atoms with Crippen molar-refractivity contribution < 1.29 is 56.8 Å². The van der Waals surface area contributed by atoms with Gasteiger partial charge in [-0.25, -0.2) is 0 Å². The number of hydrogen-bond acceptors (Lipinski definition) is 12. The third-order valence-corrected chi connectivity index (χ3v) is 16.1. The van der Waals surface area contributed by atoms with E-state index >= 15 is 0 Å². The maximum atomic E-state index is 7.10. The lowest BCUT2D eigenvalue weighted by Gasteiger charge is -2.53. The molecule has 10 aliphatic rings. The molecule has 1 aromatic carbocycles. The van der Waals surface area contributed by atoms with E-state index in [2.05, 4.69) is 13.8 Å². The van der Waals surface area contributed by atoms with Gasteiger partial charge in [-0.1, -0.05) is 39.5 Å². The summed E-state index contributed by atoms with van der Waals surface area (Å²) in [4.78, 5) is 0. The van der Waals surface area contributed by atoms with Crippen molar-refractivity contribution in [3.63, 3.8) is 0 Å². The Morgan fingerprint density at radius 1 is 0.317 bits per heavy atom. The van der Waals surface area contributed by atoms with E-state index in [0.29, 0.717) is 104 Å². The summed E-state index contributed by atoms with van der Waals surface area (Å²) in [6.45, 7) is 9.28. The zero-order valence-corrected chi connectivity index (χ0v) is 36.5. The van der Waals surface area contributed by atoms with Crippen LogP contribution in [0.4, 0.5) is 0 Å². The lowest BCUT2D eigenvalue weighted by Crippen LogP contribution is -2.61. The van der Waals surface area contributed by atoms with Crippen LogP contribution in [0.5, 0.6) is 23.0 Å². The molecule has 0 atom stereocenters. The normalized spacial score (nSPS) is 30.6. The van der Waals surface area contributed by atoms with Gasteiger partial charge >= 0.3 is 0 Å². The zero-order valence-electron chi connectivity index (χ0n) is 36.5. The summed E-state index contributed by atoms with van der Waals surface area (Å²) < 4.78 is 80.8. The van der Waals surface area contributed by atoms with Crippen molar-refractivity contribution >= 4 is 0 Å². The maximum absolute atomic E-state index is 7.10. The highest BCUT2D eigenvalue weighted by molar-refractivity contribution is 5.69. The van der Waals surface area contributed by atoms with Crippen molar-refractivity contribution in [3.8, 4) is 23.0 Å². The Kier molecular flexibility index (Phi) is 10.5. The SMILES string of the molecule is CCCCc1c2c(c(CCCC)c3c1OC1(CCC4(CC1)OCC1(COC5(CCCCC5)OC1)CO4)O3)OC1(CCC3(CC1)OCC1(COC4(CCCCC4)OC1)CO3)O2. The van der Waals surface area contributed by atoms with Crippen LogP contribution >= 0.6 is 0 Å². The van der Waals surface area contributed by atoms with Gasteiger partial charge in [0.05, 0.1) is 63.7 Å². The second-order valence-electron chi connectivity index (χ2n) is 20.8. The molecular weight excluding hydrogens is 769 g/mol. The van der Waals surface area contributed by atoms with Crippen molar-refractivity contribution in [2.45, 2.75) is 203 Å². The summed E-state index contributed by atoms with van der Waals surface area (Å²) in [7, 11) is 0. The van der Waals surface area contributed by atoms with Gasteiger partial charge in [0.1, 0.15) is 0 Å². The predicted molar refractivity (Wildman–Crippen MR) is 218 cm³/mol. The minimum Gasteiger partial charge on any atom is -0.448 e. The van der Waals surface area contributed by atoms with Crippen LogP contribution in [0.15, 0.2) is 0 Å². The Balaban J connectivity index is 0.756. The first-order chi connectivity index (χ1) is 29.2. The molecule has 0 radical (unpaired) electrons. The summed E-state index contributed by atoms with van der Waals surface area (Å²) >= 11 is 0. The summed E-state index contributed by atoms with van der Waals surface area (Å²) in [5.74, 6) is -0.216. The van der Waals surface area contributed by atoms with Crippen LogP contribution in [0.25, 0.3) is 0 Å². The fourth-order valence-corrected chi connectivity index (χ4v) is 11.8. The molecule has 12 heteroatoms. The number of benzene rings is 1. The zero-order chi connectivity index (χ0) is 40.6. The van der Waals surface area contributed by atoms with Crippen LogP contribution in [0, 0.1) is 10.8 Å². The largest absolute Gasteiger partial charge is 0.448 e. The molecule has 0 aromatic heterocycles. The Bertz CT molecular complexity index is 1520. The summed E-state index contributed by atoms with van der Waals surface area (Å²) in [6.07, 6.45) is 22.4. The summed E-state index contributed by atoms with van der Waals surface area (Å²) in [5, 5.41) is 0. The van der Waals surface area contributed by atoms with E-state index in [1.807, 2.05) is 0 Å². The molecule has 334 valence electrons. The quantitative estimate of drug-likeness (QED) is 0.272. The van der Waals surface area contributed by atoms with Gasteiger partial charge in [-0.3, -0.25) is 0 Å². The molecule has 11 rings (SSSR count). The summed E-state index contributed by atoms with van der Waals surface area (Å²) in [5.41, 5.74) is 1.65. The van der Waals surface area contributed by atoms with Gasteiger partial charge in [0.2, 0.25) is 0 Å². The molecule has 12 nitrogen and oxygen atoms in total. The first-order valence-corrected chi connectivity index (χ1v) is 24.3. The molecule has 8 spiro atoms. The third-order valence-electron chi connectivity index (χ3n) is 16.1. The van der Waals surface area contributed by atoms with Crippen LogP contribution in [-0.4, -0.2) is 87.6 Å². The highest BCUT2D eigenvalue weighted by Crippen LogP contribution is 2.62. The Morgan fingerprint density at radius 3 is 0.833 bits per heavy atom. The molecule has 4 aliphatic carbocycles. The molecule has 6 aliphatic heterocycles. The number of hydrogen-bond donors (Lipinski definition) is 0. The molecule has 0 unspecified atom stereocenters. The first kappa shape index (κ1) is 40.8. The number of fused-ring (bicyclic) bond motifs is 2. The molecule has 6 heterocycles. The topological polar surface area (TPSA) is 111 Å². The lowest BCUT2D eigenvalue weighted by molar-refractivity contribution is -0.381. The van der Waals surface area contributed by atoms with Gasteiger partial charge in [-0.2, -0.15) is 0 Å². The van der Waals surface area contributed by atoms with Crippen LogP contribution < -0.4 is 18.9 Å². The molecule has 0 bridgehead atoms. The average Bonchev–Trinajstić information content (AvgIpc) is 3.86. The Hall–Kier alpha value is -1.90. The fourth-order valence-electron chi connectivity index (χ4n) is 11.8. The average molecular weight is 839 g/mol. The first-order valence-electron chi connectivity index (χ1n) is 24.3. The smallest absolute Gasteiger partial charge is 0.252 e. The molecule has 4 saturated heterocycles. The number of rotatable bonds is 6. The Labute approximate surface area is 356 Å². The van der Waals surface area contributed by atoms with Crippen molar-refractivity contribution in [3.05, 3.63) is 11.1 Å². The molecule has 60 heavy (non-hydrogen) atoms. The Morgan fingerprint density at radius 2 is 0.567 bits per heavy atom. The fraction of sp³-hybridized carbons (Fsp3) is 0.875. The van der Waals surface area contributed by atoms with E-state index in [1.54, 1.807) is 0 Å². The van der Waals surface area contributed by atoms with Gasteiger partial charge in [-0.15, -0.1) is 0 Å². The van der Waals surface area contributed by atoms with Gasteiger partial charge in [-0.05, 0) is 51.4 Å². The van der Waals surface area contributed by atoms with Gasteiger partial charge in [0.15, 0.2) is 46.1 Å². The van der Waals surface area contributed by atoms with E-state index in [-0.39, 0.29) is 10.8 Å². The minimum atomic E-state index is -0.774. The third kappa shape index (κ3) is 7.17. The second kappa shape index (κ2) is 15.4. The van der Waals surface area contributed by atoms with Crippen LogP contribution in [0.3, 0.4) is 0 Å². The maximum Gasteiger partial charge on any atom is 0.252 e. The number of unbranched alkanes of at least 4 members (excludes halogenated alkanes) is 2. The highest BCUT2D eigenvalue weighted by Gasteiger charge is 2.60. The van der Waals surface area contributed by atoms with Gasteiger partial charge in [0, 0.05) is 88.2 Å². The van der Waals surface area contributed by atoms with Crippen LogP contribution in [0.1, 0.15) is 166 Å². The lowest BCUT2D eigenvalue weighted by atomic mass is 9.84. The molecule has 1 aromatic rings. The highest BCUT2D eigenvalue weighted by atomic mass is 16.8.